The molecule has 2 heterocycles. The fourth-order valence-electron chi connectivity index (χ4n) is 2.37. The van der Waals surface area contributed by atoms with E-state index in [2.05, 4.69) is 17.9 Å². The Morgan fingerprint density at radius 2 is 2.09 bits per heavy atom. The van der Waals surface area contributed by atoms with Crippen LogP contribution in [-0.4, -0.2) is 13.0 Å². The maximum absolute atomic E-state index is 12.1. The molecule has 23 heavy (non-hydrogen) atoms. The molecule has 1 aromatic heterocycles. The molecular weight excluding hydrogens is 330 g/mol. The largest absolute Gasteiger partial charge is 0.497 e. The number of thiol groups is 1. The van der Waals surface area contributed by atoms with Gasteiger partial charge in [0.05, 0.1) is 12.1 Å². The van der Waals surface area contributed by atoms with Crippen LogP contribution in [0.4, 0.5) is 5.69 Å². The molecule has 1 aliphatic rings. The lowest BCUT2D eigenvalue weighted by atomic mass is 10.1. The van der Waals surface area contributed by atoms with Crippen LogP contribution in [-0.2, 0) is 4.79 Å². The minimum atomic E-state index is -0.416. The first-order valence-electron chi connectivity index (χ1n) is 6.76. The lowest BCUT2D eigenvalue weighted by Crippen LogP contribution is -2.45. The summed E-state index contributed by atoms with van der Waals surface area (Å²) < 4.78 is 5.17. The number of hydrogen-bond acceptors (Lipinski definition) is 6. The van der Waals surface area contributed by atoms with Gasteiger partial charge in [-0.15, -0.1) is 24.0 Å². The van der Waals surface area contributed by atoms with E-state index >= 15 is 0 Å². The second-order valence-corrected chi connectivity index (χ2v) is 6.17. The Hall–Kier alpha value is -2.43. The maximum Gasteiger partial charge on any atom is 0.266 e. The third-order valence-corrected chi connectivity index (χ3v) is 4.84. The van der Waals surface area contributed by atoms with Crippen LogP contribution in [0, 0.1) is 11.3 Å². The Bertz CT molecular complexity index is 792. The minimum absolute atomic E-state index is 0.00282. The number of anilines is 1. The van der Waals surface area contributed by atoms with Crippen molar-refractivity contribution in [2.45, 2.75) is 6.17 Å². The van der Waals surface area contributed by atoms with Gasteiger partial charge in [-0.2, -0.15) is 5.26 Å². The van der Waals surface area contributed by atoms with E-state index in [0.717, 1.165) is 16.3 Å². The van der Waals surface area contributed by atoms with Gasteiger partial charge >= 0.3 is 0 Å². The van der Waals surface area contributed by atoms with Crippen LogP contribution in [0.2, 0.25) is 0 Å². The Kier molecular flexibility index (Phi) is 4.28. The first-order chi connectivity index (χ1) is 11.2. The van der Waals surface area contributed by atoms with Gasteiger partial charge < -0.3 is 15.0 Å². The first kappa shape index (κ1) is 15.5. The molecule has 5 nitrogen and oxygen atoms in total. The zero-order chi connectivity index (χ0) is 16.4. The monoisotopic (exact) mass is 343 g/mol. The molecule has 3 rings (SSSR count). The molecule has 1 aromatic carbocycles. The van der Waals surface area contributed by atoms with Gasteiger partial charge in [-0.1, -0.05) is 6.07 Å². The van der Waals surface area contributed by atoms with Crippen LogP contribution in [0.1, 0.15) is 11.0 Å². The normalized spacial score (nSPS) is 17.7. The summed E-state index contributed by atoms with van der Waals surface area (Å²) >= 11 is 5.96. The van der Waals surface area contributed by atoms with Gasteiger partial charge in [-0.05, 0) is 35.7 Å². The van der Waals surface area contributed by atoms with Crippen molar-refractivity contribution in [3.8, 4) is 11.8 Å². The topological polar surface area (TPSA) is 65.4 Å². The van der Waals surface area contributed by atoms with Crippen molar-refractivity contribution in [2.75, 3.05) is 12.0 Å². The summed E-state index contributed by atoms with van der Waals surface area (Å²) in [6, 6.07) is 13.1. The Morgan fingerprint density at radius 1 is 1.35 bits per heavy atom. The highest BCUT2D eigenvalue weighted by Crippen LogP contribution is 2.37. The molecule has 0 radical (unpaired) electrons. The number of nitrogens with zero attached hydrogens (tertiary/aromatic N) is 2. The molecule has 1 unspecified atom stereocenters. The van der Waals surface area contributed by atoms with E-state index in [9.17, 15) is 10.1 Å². The van der Waals surface area contributed by atoms with E-state index in [-0.39, 0.29) is 5.57 Å². The molecule has 1 N–H and O–H groups in total. The van der Waals surface area contributed by atoms with E-state index < -0.39 is 12.1 Å². The number of carbonyl (C=O) groups is 1. The number of hydrogen-bond donors (Lipinski definition) is 2. The number of thiophene rings is 1. The fourth-order valence-corrected chi connectivity index (χ4v) is 3.51. The van der Waals surface area contributed by atoms with Gasteiger partial charge in [0.15, 0.2) is 0 Å². The summed E-state index contributed by atoms with van der Waals surface area (Å²) in [6.45, 7) is 0. The van der Waals surface area contributed by atoms with Crippen molar-refractivity contribution >= 4 is 35.6 Å². The Morgan fingerprint density at radius 3 is 2.65 bits per heavy atom. The number of carbonyl (C=O) groups excluding carboxylic acids is 1. The number of benzene rings is 1. The summed E-state index contributed by atoms with van der Waals surface area (Å²) in [5.74, 6) is 0.313. The summed E-state index contributed by atoms with van der Waals surface area (Å²) in [7, 11) is 1.60. The predicted octanol–water partition coefficient (Wildman–Crippen LogP) is 3.06. The molecular formula is C16H13N3O2S2. The lowest BCUT2D eigenvalue weighted by molar-refractivity contribution is -0.118. The van der Waals surface area contributed by atoms with Gasteiger partial charge in [0, 0.05) is 10.6 Å². The van der Waals surface area contributed by atoms with Gasteiger partial charge in [0.1, 0.15) is 23.6 Å². The van der Waals surface area contributed by atoms with Crippen molar-refractivity contribution < 1.29 is 9.53 Å². The van der Waals surface area contributed by atoms with Crippen molar-refractivity contribution in [3.05, 3.63) is 57.3 Å². The number of amides is 1. The third-order valence-electron chi connectivity index (χ3n) is 3.48. The smallest absolute Gasteiger partial charge is 0.266 e. The third kappa shape index (κ3) is 2.79. The summed E-state index contributed by atoms with van der Waals surface area (Å²) in [6.07, 6.45) is -0.402. The van der Waals surface area contributed by atoms with Crippen molar-refractivity contribution in [1.29, 1.82) is 5.26 Å². The molecule has 2 aromatic rings. The molecule has 1 aliphatic heterocycles. The Labute approximate surface area is 143 Å². The second kappa shape index (κ2) is 6.36. The van der Waals surface area contributed by atoms with Crippen LogP contribution >= 0.6 is 24.0 Å². The number of ether oxygens (including phenoxy) is 1. The first-order valence-corrected chi connectivity index (χ1v) is 8.09. The zero-order valence-corrected chi connectivity index (χ0v) is 13.9. The molecule has 1 amide bonds. The van der Waals surface area contributed by atoms with E-state index in [1.54, 1.807) is 7.11 Å². The van der Waals surface area contributed by atoms with Crippen LogP contribution in [0.3, 0.4) is 0 Å². The van der Waals surface area contributed by atoms with Crippen molar-refractivity contribution in [2.24, 2.45) is 0 Å². The number of nitriles is 1. The summed E-state index contributed by atoms with van der Waals surface area (Å²) in [4.78, 5) is 14.9. The molecule has 0 aliphatic carbocycles. The van der Waals surface area contributed by atoms with Gasteiger partial charge in [-0.25, -0.2) is 0 Å². The maximum atomic E-state index is 12.1. The highest BCUT2D eigenvalue weighted by Gasteiger charge is 2.34. The highest BCUT2D eigenvalue weighted by atomic mass is 32.1. The second-order valence-electron chi connectivity index (χ2n) is 4.77. The summed E-state index contributed by atoms with van der Waals surface area (Å²) in [5.41, 5.74) is 0.805. The zero-order valence-electron chi connectivity index (χ0n) is 12.2. The molecule has 0 saturated carbocycles. The van der Waals surface area contributed by atoms with Crippen LogP contribution in [0.25, 0.3) is 0 Å². The van der Waals surface area contributed by atoms with E-state index in [1.807, 2.05) is 52.7 Å². The highest BCUT2D eigenvalue weighted by molar-refractivity contribution is 7.84. The molecule has 7 heteroatoms. The average Bonchev–Trinajstić information content (AvgIpc) is 3.09. The lowest BCUT2D eigenvalue weighted by Gasteiger charge is -2.37. The SMILES string of the molecule is COc1ccc(N2C(S)=C(C#N)C(=O)NC2c2cccs2)cc1. The number of methoxy groups -OCH3 is 1. The fraction of sp³-hybridized carbons (Fsp3) is 0.125. The van der Waals surface area contributed by atoms with Crippen LogP contribution in [0.5, 0.6) is 5.75 Å². The van der Waals surface area contributed by atoms with E-state index in [0.29, 0.717) is 5.03 Å². The number of nitrogens with one attached hydrogen (secondary N) is 1. The van der Waals surface area contributed by atoms with Gasteiger partial charge in [0.25, 0.3) is 5.91 Å². The molecule has 1 atom stereocenters. The van der Waals surface area contributed by atoms with Crippen LogP contribution < -0.4 is 15.0 Å². The van der Waals surface area contributed by atoms with E-state index in [4.69, 9.17) is 4.74 Å². The molecule has 0 spiro atoms. The minimum Gasteiger partial charge on any atom is -0.497 e. The average molecular weight is 343 g/mol. The number of rotatable bonds is 3. The van der Waals surface area contributed by atoms with E-state index in [1.165, 1.54) is 11.3 Å². The molecule has 0 fully saturated rings. The Balaban J connectivity index is 2.11. The van der Waals surface area contributed by atoms with Gasteiger partial charge in [-0.3, -0.25) is 4.79 Å². The van der Waals surface area contributed by atoms with Gasteiger partial charge in [0.2, 0.25) is 0 Å². The molecule has 0 bridgehead atoms. The molecule has 116 valence electrons. The standard InChI is InChI=1S/C16H13N3O2S2/c1-21-11-6-4-10(5-7-11)19-14(13-3-2-8-23-13)18-15(20)12(9-17)16(19)22/h2-8,14,22H,1H3,(H,18,20). The predicted molar refractivity (Wildman–Crippen MR) is 92.3 cm³/mol. The van der Waals surface area contributed by atoms with Crippen molar-refractivity contribution in [3.63, 3.8) is 0 Å². The molecule has 0 saturated heterocycles. The van der Waals surface area contributed by atoms with Crippen molar-refractivity contribution in [1.82, 2.24) is 5.32 Å². The van der Waals surface area contributed by atoms with Crippen LogP contribution in [0.15, 0.2) is 52.4 Å². The summed E-state index contributed by atoms with van der Waals surface area (Å²) in [5, 5.41) is 14.4. The quantitative estimate of drug-likeness (QED) is 0.841.